The van der Waals surface area contributed by atoms with Crippen LogP contribution in [0.1, 0.15) is 79.1 Å². The first-order valence-corrected chi connectivity index (χ1v) is 23.4. The fraction of sp³-hybridized carbons (Fsp3) is 0.673. The van der Waals surface area contributed by atoms with Crippen LogP contribution in [0.2, 0.25) is 0 Å². The Bertz CT molecular complexity index is 1720. The number of carbonyl (C=O) groups excluding carboxylic acids is 1. The molecule has 3 aliphatic heterocycles. The molecular weight excluding hydrogens is 891 g/mol. The van der Waals surface area contributed by atoms with E-state index < -0.39 is 154 Å². The molecular formula is C49H77NO18. The first kappa shape index (κ1) is 58.8. The van der Waals surface area contributed by atoms with Gasteiger partial charge in [-0.05, 0) is 33.1 Å². The Balaban J connectivity index is 1.93. The number of hydrogen-bond acceptors (Lipinski definition) is 18. The van der Waals surface area contributed by atoms with Gasteiger partial charge in [0.25, 0.3) is 0 Å². The molecule has 0 amide bonds. The van der Waals surface area contributed by atoms with Crippen LogP contribution in [0.15, 0.2) is 85.1 Å². The zero-order valence-corrected chi connectivity index (χ0v) is 39.4. The number of aliphatic hydroxyl groups excluding tert-OH is 10. The molecule has 3 heterocycles. The molecule has 2 saturated heterocycles. The van der Waals surface area contributed by atoms with Crippen molar-refractivity contribution in [3.63, 3.8) is 0 Å². The summed E-state index contributed by atoms with van der Waals surface area (Å²) in [5.41, 5.74) is 6.06. The summed E-state index contributed by atoms with van der Waals surface area (Å²) in [5, 5.41) is 118. The Morgan fingerprint density at radius 2 is 1.28 bits per heavy atom. The Hall–Kier alpha value is -3.48. The summed E-state index contributed by atoms with van der Waals surface area (Å²) in [7, 11) is 0. The van der Waals surface area contributed by atoms with Gasteiger partial charge in [0.15, 0.2) is 12.1 Å². The second-order valence-electron chi connectivity index (χ2n) is 18.1. The maximum atomic E-state index is 12.7. The summed E-state index contributed by atoms with van der Waals surface area (Å²) in [4.78, 5) is 25.3. The third-order valence-corrected chi connectivity index (χ3v) is 12.5. The van der Waals surface area contributed by atoms with Crippen molar-refractivity contribution in [2.45, 2.75) is 177 Å². The maximum absolute atomic E-state index is 12.7. The highest BCUT2D eigenvalue weighted by Crippen LogP contribution is 2.40. The Labute approximate surface area is 398 Å². The van der Waals surface area contributed by atoms with Crippen LogP contribution in [0.4, 0.5) is 0 Å². The van der Waals surface area contributed by atoms with Crippen molar-refractivity contribution in [2.24, 2.45) is 23.5 Å². The number of fused-ring (bicyclic) bond motifs is 2. The van der Waals surface area contributed by atoms with E-state index in [1.807, 2.05) is 25.2 Å². The molecule has 0 aromatic heterocycles. The number of allylic oxidation sites excluding steroid dienone is 12. The van der Waals surface area contributed by atoms with Gasteiger partial charge in [-0.3, -0.25) is 9.59 Å². The topological polar surface area (TPSA) is 329 Å². The fourth-order valence-electron chi connectivity index (χ4n) is 8.33. The molecule has 2 fully saturated rings. The van der Waals surface area contributed by atoms with Gasteiger partial charge in [-0.25, -0.2) is 0 Å². The van der Waals surface area contributed by atoms with E-state index >= 15 is 0 Å². The highest BCUT2D eigenvalue weighted by Gasteiger charge is 2.52. The first-order chi connectivity index (χ1) is 32.2. The predicted molar refractivity (Wildman–Crippen MR) is 248 cm³/mol. The van der Waals surface area contributed by atoms with Crippen LogP contribution >= 0.6 is 0 Å². The number of ether oxygens (including phenoxy) is 5. The quantitative estimate of drug-likeness (QED) is 0.163. The molecule has 19 heteroatoms. The zero-order chi connectivity index (χ0) is 50.6. The van der Waals surface area contributed by atoms with Gasteiger partial charge in [-0.2, -0.15) is 0 Å². The molecule has 0 unspecified atom stereocenters. The van der Waals surface area contributed by atoms with Gasteiger partial charge in [0.05, 0.1) is 92.8 Å². The molecule has 0 radical (unpaired) electrons. The van der Waals surface area contributed by atoms with Gasteiger partial charge in [-0.1, -0.05) is 98.9 Å². The van der Waals surface area contributed by atoms with Crippen molar-refractivity contribution < 1.29 is 89.4 Å². The zero-order valence-electron chi connectivity index (χ0n) is 39.4. The van der Waals surface area contributed by atoms with E-state index in [0.29, 0.717) is 0 Å². The lowest BCUT2D eigenvalue weighted by atomic mass is 9.82. The van der Waals surface area contributed by atoms with Gasteiger partial charge >= 0.3 is 11.9 Å². The summed E-state index contributed by atoms with van der Waals surface area (Å²) in [5.74, 6) is -6.40. The number of carboxylic acids is 1. The van der Waals surface area contributed by atoms with Crippen molar-refractivity contribution in [3.8, 4) is 0 Å². The first-order valence-electron chi connectivity index (χ1n) is 23.4. The molecule has 2 bridgehead atoms. The lowest BCUT2D eigenvalue weighted by Gasteiger charge is -2.47. The van der Waals surface area contributed by atoms with Gasteiger partial charge in [0.1, 0.15) is 18.1 Å². The lowest BCUT2D eigenvalue weighted by molar-refractivity contribution is -0.325. The van der Waals surface area contributed by atoms with Crippen LogP contribution in [0.5, 0.6) is 0 Å². The fourth-order valence-corrected chi connectivity index (χ4v) is 8.33. The maximum Gasteiger partial charge on any atom is 0.311 e. The molecule has 0 spiro atoms. The van der Waals surface area contributed by atoms with Gasteiger partial charge in [0.2, 0.25) is 0 Å². The normalized spacial score (nSPS) is 44.0. The van der Waals surface area contributed by atoms with E-state index in [0.717, 1.165) is 0 Å². The summed E-state index contributed by atoms with van der Waals surface area (Å²) in [6.07, 6.45) is 4.04. The molecule has 0 aliphatic carbocycles. The summed E-state index contributed by atoms with van der Waals surface area (Å²) in [6.45, 7) is 5.86. The molecule has 386 valence electrons. The van der Waals surface area contributed by atoms with Gasteiger partial charge < -0.3 is 85.6 Å². The molecule has 0 saturated carbocycles. The molecule has 0 aromatic rings. The number of aliphatic hydroxyl groups is 10. The molecule has 0 aromatic carbocycles. The van der Waals surface area contributed by atoms with Crippen LogP contribution in [0, 0.1) is 17.8 Å². The SMILES string of the molecule is C[C@@H]1[C@H](O)[C@@H](C)/C=C/C=C/C=C/C=C/C=C/C=C/C=C/[C@H](O[C@@H]2O[C@H](C)[C@@H](O)[C@H](N)[C@@H]2O)C[C@@H]2O[C@](OCCO)(C[C@@H](O)C[C@@H](O)[C@H](O)CC[C@@H](O)C[C@@H](O)CC(=O)O[C@H]1C)C[C@H](O)[C@H]2C(=O)O. The van der Waals surface area contributed by atoms with Crippen LogP contribution in [0.25, 0.3) is 0 Å². The smallest absolute Gasteiger partial charge is 0.311 e. The van der Waals surface area contributed by atoms with E-state index in [1.54, 1.807) is 74.6 Å². The minimum Gasteiger partial charge on any atom is -0.481 e. The second-order valence-corrected chi connectivity index (χ2v) is 18.1. The van der Waals surface area contributed by atoms with Crippen LogP contribution in [0.3, 0.4) is 0 Å². The van der Waals surface area contributed by atoms with Gasteiger partial charge in [0, 0.05) is 37.5 Å². The highest BCUT2D eigenvalue weighted by atomic mass is 16.7. The summed E-state index contributed by atoms with van der Waals surface area (Å²) in [6, 6.07) is -1.15. The van der Waals surface area contributed by atoms with E-state index in [2.05, 4.69) is 0 Å². The third kappa shape index (κ3) is 19.4. The van der Waals surface area contributed by atoms with E-state index in [4.69, 9.17) is 29.4 Å². The lowest BCUT2D eigenvalue weighted by Crippen LogP contribution is -2.61. The number of hydrogen-bond donors (Lipinski definition) is 12. The highest BCUT2D eigenvalue weighted by molar-refractivity contribution is 5.71. The third-order valence-electron chi connectivity index (χ3n) is 12.5. The molecule has 68 heavy (non-hydrogen) atoms. The number of esters is 1. The summed E-state index contributed by atoms with van der Waals surface area (Å²) < 4.78 is 29.6. The van der Waals surface area contributed by atoms with Crippen molar-refractivity contribution in [1.29, 1.82) is 0 Å². The Morgan fingerprint density at radius 3 is 1.87 bits per heavy atom. The average Bonchev–Trinajstić information content (AvgIpc) is 3.26. The van der Waals surface area contributed by atoms with Crippen LogP contribution in [-0.2, 0) is 33.3 Å². The van der Waals surface area contributed by atoms with E-state index in [1.165, 1.54) is 13.0 Å². The Morgan fingerprint density at radius 1 is 0.691 bits per heavy atom. The van der Waals surface area contributed by atoms with Crippen molar-refractivity contribution >= 4 is 11.9 Å². The van der Waals surface area contributed by atoms with Crippen LogP contribution in [-0.4, -0.2) is 179 Å². The number of carbonyl (C=O) groups is 2. The van der Waals surface area contributed by atoms with Crippen LogP contribution < -0.4 is 5.73 Å². The van der Waals surface area contributed by atoms with Gasteiger partial charge in [-0.15, -0.1) is 0 Å². The number of rotatable bonds is 6. The number of cyclic esters (lactones) is 1. The minimum absolute atomic E-state index is 0.108. The monoisotopic (exact) mass is 968 g/mol. The minimum atomic E-state index is -1.93. The largest absolute Gasteiger partial charge is 0.481 e. The number of aliphatic carboxylic acids is 1. The average molecular weight is 968 g/mol. The standard InChI is InChI=1S/C49H77NO18/c1-29-17-15-13-11-9-7-5-6-8-10-12-14-16-18-36(67-48-46(61)43(50)45(60)32(4)66-48)26-40-42(47(62)63)39(57)28-49(68-40,64-22-21-51)27-35(54)24-38(56)37(55)20-19-33(52)23-34(53)25-41(58)65-31(3)30(2)44(29)59/h5-18,29-40,42-46,48,51-57,59-61H,19-28,50H2,1-4H3,(H,62,63)/b6-5+,9-7+,10-8+,13-11+,14-12+,17-15+,18-16+/t29-,30-,31-,32+,33+,34+,35-,36-,37+,38+,39-,40-,42+,43-,44+,45+,46-,48-,49+/m0/s1. The molecule has 13 N–H and O–H groups in total. The van der Waals surface area contributed by atoms with E-state index in [-0.39, 0.29) is 38.2 Å². The Kier molecular flexibility index (Phi) is 25.6. The molecule has 3 rings (SSSR count). The molecule has 19 nitrogen and oxygen atoms in total. The van der Waals surface area contributed by atoms with E-state index in [9.17, 15) is 65.8 Å². The molecule has 3 aliphatic rings. The predicted octanol–water partition coefficient (Wildman–Crippen LogP) is 0.728. The summed E-state index contributed by atoms with van der Waals surface area (Å²) >= 11 is 0. The second kappa shape index (κ2) is 29.6. The number of carboxylic acid groups (broad SMARTS) is 1. The van der Waals surface area contributed by atoms with Crippen molar-refractivity contribution in [3.05, 3.63) is 85.1 Å². The molecule has 19 atom stereocenters. The van der Waals surface area contributed by atoms with Crippen molar-refractivity contribution in [1.82, 2.24) is 0 Å². The van der Waals surface area contributed by atoms with Crippen molar-refractivity contribution in [2.75, 3.05) is 13.2 Å². The number of nitrogens with two attached hydrogens (primary N) is 1.